The van der Waals surface area contributed by atoms with Crippen LogP contribution >= 0.6 is 11.3 Å². The Morgan fingerprint density at radius 3 is 2.61 bits per heavy atom. The van der Waals surface area contributed by atoms with Crippen molar-refractivity contribution in [3.05, 3.63) is 58.8 Å². The lowest BCUT2D eigenvalue weighted by Crippen LogP contribution is -2.13. The van der Waals surface area contributed by atoms with Gasteiger partial charge in [0.25, 0.3) is 0 Å². The van der Waals surface area contributed by atoms with Crippen molar-refractivity contribution in [1.82, 2.24) is 4.98 Å². The third-order valence-corrected chi connectivity index (χ3v) is 8.70. The summed E-state index contributed by atoms with van der Waals surface area (Å²) in [5.41, 5.74) is 1.14. The van der Waals surface area contributed by atoms with Crippen molar-refractivity contribution in [2.75, 3.05) is 12.9 Å². The topological polar surface area (TPSA) is 130 Å². The smallest absolute Gasteiger partial charge is 0.349 e. The van der Waals surface area contributed by atoms with Gasteiger partial charge in [-0.15, -0.1) is 11.3 Å². The fourth-order valence-electron chi connectivity index (χ4n) is 2.98. The number of aromatic nitrogens is 1. The number of benzene rings is 2. The summed E-state index contributed by atoms with van der Waals surface area (Å²) in [5, 5.41) is 1.45. The molecule has 0 saturated heterocycles. The van der Waals surface area contributed by atoms with E-state index in [4.69, 9.17) is 8.60 Å². The summed E-state index contributed by atoms with van der Waals surface area (Å²) >= 11 is 0.925. The highest BCUT2D eigenvalue weighted by atomic mass is 32.2. The molecule has 0 N–H and O–H groups in total. The number of nitrogens with zero attached hydrogens (tertiary/aromatic N) is 1. The van der Waals surface area contributed by atoms with Gasteiger partial charge < -0.3 is 13.3 Å². The van der Waals surface area contributed by atoms with E-state index >= 15 is 0 Å². The highest BCUT2D eigenvalue weighted by Crippen LogP contribution is 2.31. The number of esters is 1. The molecule has 2 aromatic heterocycles. The average molecular weight is 508 g/mol. The molecule has 0 atom stereocenters. The fraction of sp³-hybridized carbons (Fsp3) is 0.143. The minimum Gasteiger partial charge on any atom is -0.465 e. The molecule has 4 rings (SSSR count). The first kappa shape index (κ1) is 23.0. The lowest BCUT2D eigenvalue weighted by molar-refractivity contribution is 0.0602. The van der Waals surface area contributed by atoms with Crippen molar-refractivity contribution in [1.29, 1.82) is 0 Å². The van der Waals surface area contributed by atoms with E-state index < -0.39 is 25.9 Å². The molecule has 2 heterocycles. The zero-order valence-corrected chi connectivity index (χ0v) is 19.8. The molecule has 0 fully saturated rings. The standard InChI is InChI=1S/C21H17NO8S3/c1-3-32(24,25)15-7-8-17-16(12-15)22-20(29-17)13-5-4-6-14(11-13)30-33(26,27)18-9-10-31-19(18)21(23)28-2/h4-12H,3H2,1-2H3. The van der Waals surface area contributed by atoms with Gasteiger partial charge >= 0.3 is 16.1 Å². The summed E-state index contributed by atoms with van der Waals surface area (Å²) in [5.74, 6) is -0.689. The second-order valence-corrected chi connectivity index (χ2v) is 11.4. The van der Waals surface area contributed by atoms with Crippen LogP contribution in [-0.2, 0) is 24.7 Å². The second kappa shape index (κ2) is 8.61. The molecule has 9 nitrogen and oxygen atoms in total. The number of ether oxygens (including phenoxy) is 1. The number of carbonyl (C=O) groups excluding carboxylic acids is 1. The SMILES string of the molecule is CCS(=O)(=O)c1ccc2oc(-c3cccc(OS(=O)(=O)c4ccsc4C(=O)OC)c3)nc2c1. The average Bonchev–Trinajstić information content (AvgIpc) is 3.45. The lowest BCUT2D eigenvalue weighted by atomic mass is 10.2. The Morgan fingerprint density at radius 1 is 1.09 bits per heavy atom. The first-order valence-electron chi connectivity index (χ1n) is 9.48. The Kier molecular flexibility index (Phi) is 5.99. The molecule has 0 unspecified atom stereocenters. The van der Waals surface area contributed by atoms with Crippen molar-refractivity contribution in [2.45, 2.75) is 16.7 Å². The zero-order chi connectivity index (χ0) is 23.8. The zero-order valence-electron chi connectivity index (χ0n) is 17.3. The maximum absolute atomic E-state index is 12.7. The third kappa shape index (κ3) is 4.49. The number of oxazole rings is 1. The van der Waals surface area contributed by atoms with Crippen LogP contribution in [0.1, 0.15) is 16.6 Å². The molecule has 4 aromatic rings. The summed E-state index contributed by atoms with van der Waals surface area (Å²) in [6.07, 6.45) is 0. The van der Waals surface area contributed by atoms with Gasteiger partial charge in [-0.2, -0.15) is 8.42 Å². The van der Waals surface area contributed by atoms with Gasteiger partial charge in [-0.1, -0.05) is 13.0 Å². The summed E-state index contributed by atoms with van der Waals surface area (Å²) in [6.45, 7) is 1.55. The summed E-state index contributed by atoms with van der Waals surface area (Å²) in [7, 11) is -6.56. The number of rotatable bonds is 7. The largest absolute Gasteiger partial charge is 0.465 e. The molecular formula is C21H17NO8S3. The van der Waals surface area contributed by atoms with Crippen LogP contribution in [0.25, 0.3) is 22.6 Å². The van der Waals surface area contributed by atoms with E-state index in [0.29, 0.717) is 16.7 Å². The molecule has 12 heteroatoms. The number of sulfone groups is 1. The van der Waals surface area contributed by atoms with Crippen LogP contribution < -0.4 is 4.18 Å². The molecule has 0 spiro atoms. The molecule has 33 heavy (non-hydrogen) atoms. The minimum absolute atomic E-state index is 0.0222. The Labute approximate surface area is 193 Å². The summed E-state index contributed by atoms with van der Waals surface area (Å²) < 4.78 is 65.3. The van der Waals surface area contributed by atoms with E-state index in [1.165, 1.54) is 41.8 Å². The number of hydrogen-bond acceptors (Lipinski definition) is 10. The quantitative estimate of drug-likeness (QED) is 0.270. The minimum atomic E-state index is -4.31. The van der Waals surface area contributed by atoms with Gasteiger partial charge in [-0.3, -0.25) is 0 Å². The Bertz CT molecular complexity index is 1570. The number of hydrogen-bond donors (Lipinski definition) is 0. The number of carbonyl (C=O) groups is 1. The van der Waals surface area contributed by atoms with Crippen molar-refractivity contribution in [3.8, 4) is 17.2 Å². The lowest BCUT2D eigenvalue weighted by Gasteiger charge is -2.08. The Morgan fingerprint density at radius 2 is 1.88 bits per heavy atom. The third-order valence-electron chi connectivity index (χ3n) is 4.65. The first-order chi connectivity index (χ1) is 15.6. The Balaban J connectivity index is 1.67. The van der Waals surface area contributed by atoms with Gasteiger partial charge in [0.15, 0.2) is 15.4 Å². The van der Waals surface area contributed by atoms with Gasteiger partial charge in [-0.25, -0.2) is 18.2 Å². The second-order valence-electron chi connectivity index (χ2n) is 6.72. The van der Waals surface area contributed by atoms with Crippen LogP contribution in [0.2, 0.25) is 0 Å². The van der Waals surface area contributed by atoms with Crippen LogP contribution in [0.15, 0.2) is 68.1 Å². The highest BCUT2D eigenvalue weighted by molar-refractivity contribution is 7.91. The molecular weight excluding hydrogens is 490 g/mol. The van der Waals surface area contributed by atoms with Gasteiger partial charge in [-0.05, 0) is 47.8 Å². The van der Waals surface area contributed by atoms with Crippen LogP contribution in [0, 0.1) is 0 Å². The summed E-state index contributed by atoms with van der Waals surface area (Å²) in [4.78, 5) is 15.9. The molecule has 172 valence electrons. The van der Waals surface area contributed by atoms with E-state index in [0.717, 1.165) is 18.4 Å². The number of methoxy groups -OCH3 is 1. The predicted molar refractivity (Wildman–Crippen MR) is 121 cm³/mol. The molecule has 0 saturated carbocycles. The molecule has 2 aromatic carbocycles. The van der Waals surface area contributed by atoms with Gasteiger partial charge in [0.05, 0.1) is 17.8 Å². The van der Waals surface area contributed by atoms with Crippen molar-refractivity contribution in [3.63, 3.8) is 0 Å². The monoisotopic (exact) mass is 507 g/mol. The molecule has 0 aliphatic carbocycles. The van der Waals surface area contributed by atoms with E-state index in [1.807, 2.05) is 0 Å². The highest BCUT2D eigenvalue weighted by Gasteiger charge is 2.27. The maximum Gasteiger partial charge on any atom is 0.349 e. The van der Waals surface area contributed by atoms with E-state index in [9.17, 15) is 21.6 Å². The van der Waals surface area contributed by atoms with Crippen molar-refractivity contribution in [2.24, 2.45) is 0 Å². The van der Waals surface area contributed by atoms with Crippen LogP contribution in [0.5, 0.6) is 5.75 Å². The Hall–Kier alpha value is -3.22. The van der Waals surface area contributed by atoms with Crippen LogP contribution in [0.4, 0.5) is 0 Å². The maximum atomic E-state index is 12.7. The fourth-order valence-corrected chi connectivity index (χ4v) is 6.11. The van der Waals surface area contributed by atoms with Gasteiger partial charge in [0, 0.05) is 5.56 Å². The first-order valence-corrected chi connectivity index (χ1v) is 13.4. The van der Waals surface area contributed by atoms with Crippen molar-refractivity contribution < 1.29 is 35.0 Å². The number of thiophene rings is 1. The molecule has 0 aliphatic heterocycles. The van der Waals surface area contributed by atoms with Crippen molar-refractivity contribution >= 4 is 48.4 Å². The summed E-state index contributed by atoms with van der Waals surface area (Å²) in [6, 6.07) is 11.7. The molecule has 0 bridgehead atoms. The van der Waals surface area contributed by atoms with E-state index in [-0.39, 0.29) is 32.1 Å². The van der Waals surface area contributed by atoms with Crippen LogP contribution in [-0.4, -0.2) is 40.7 Å². The van der Waals surface area contributed by atoms with Crippen LogP contribution in [0.3, 0.4) is 0 Å². The van der Waals surface area contributed by atoms with E-state index in [1.54, 1.807) is 19.1 Å². The van der Waals surface area contributed by atoms with Gasteiger partial charge in [0.1, 0.15) is 21.0 Å². The van der Waals surface area contributed by atoms with E-state index in [2.05, 4.69) is 9.72 Å². The molecule has 0 amide bonds. The normalized spacial score (nSPS) is 12.1. The molecule has 0 radical (unpaired) electrons. The molecule has 0 aliphatic rings. The van der Waals surface area contributed by atoms with Gasteiger partial charge in [0.2, 0.25) is 5.89 Å². The predicted octanol–water partition coefficient (Wildman–Crippen LogP) is 3.90. The number of fused-ring (bicyclic) bond motifs is 1.